The lowest BCUT2D eigenvalue weighted by atomic mass is 10.2. The zero-order chi connectivity index (χ0) is 10.1. The number of hydrogen-bond donors (Lipinski definition) is 0. The van der Waals surface area contributed by atoms with E-state index >= 15 is 0 Å². The van der Waals surface area contributed by atoms with Crippen LogP contribution in [0.4, 0.5) is 5.69 Å². The number of nitrogens with zero attached hydrogens (tertiary/aromatic N) is 1. The van der Waals surface area contributed by atoms with Gasteiger partial charge in [-0.05, 0) is 24.6 Å². The van der Waals surface area contributed by atoms with Crippen molar-refractivity contribution in [2.24, 2.45) is 0 Å². The summed E-state index contributed by atoms with van der Waals surface area (Å²) in [6.45, 7) is 2.82. The van der Waals surface area contributed by atoms with Gasteiger partial charge in [0.05, 0.1) is 13.7 Å². The molecule has 0 aliphatic carbocycles. The third-order valence-corrected chi connectivity index (χ3v) is 2.42. The van der Waals surface area contributed by atoms with Crippen LogP contribution < -0.4 is 4.90 Å². The van der Waals surface area contributed by atoms with E-state index in [1.165, 1.54) is 12.7 Å². The molecule has 1 saturated heterocycles. The summed E-state index contributed by atoms with van der Waals surface area (Å²) in [5.74, 6) is -0.147. The maximum absolute atomic E-state index is 11.2. The minimum absolute atomic E-state index is 0.0678. The maximum Gasteiger partial charge on any atom is 0.330 e. The predicted molar refractivity (Wildman–Crippen MR) is 54.3 cm³/mol. The van der Waals surface area contributed by atoms with E-state index in [0.29, 0.717) is 0 Å². The summed E-state index contributed by atoms with van der Waals surface area (Å²) < 4.78 is 4.68. The third kappa shape index (κ3) is 1.58. The molecule has 1 fully saturated rings. The van der Waals surface area contributed by atoms with Crippen LogP contribution in [0.3, 0.4) is 0 Å². The van der Waals surface area contributed by atoms with Crippen molar-refractivity contribution in [3.8, 4) is 0 Å². The number of benzene rings is 1. The molecule has 3 nitrogen and oxygen atoms in total. The number of rotatable bonds is 2. The van der Waals surface area contributed by atoms with E-state index in [4.69, 9.17) is 0 Å². The number of methoxy groups -OCH3 is 1. The summed E-state index contributed by atoms with van der Waals surface area (Å²) in [6, 6.07) is 8.05. The van der Waals surface area contributed by atoms with Crippen LogP contribution in [0.2, 0.25) is 0 Å². The molecule has 1 unspecified atom stereocenters. The summed E-state index contributed by atoms with van der Waals surface area (Å²) in [5.41, 5.74) is 2.30. The van der Waals surface area contributed by atoms with Crippen LogP contribution in [-0.2, 0) is 9.53 Å². The zero-order valence-electron chi connectivity index (χ0n) is 8.36. The first-order valence-electron chi connectivity index (χ1n) is 4.63. The summed E-state index contributed by atoms with van der Waals surface area (Å²) >= 11 is 0. The molecule has 1 aliphatic heterocycles. The van der Waals surface area contributed by atoms with Crippen molar-refractivity contribution in [1.29, 1.82) is 0 Å². The summed E-state index contributed by atoms with van der Waals surface area (Å²) in [6.07, 6.45) is 0. The molecule has 1 heterocycles. The molecule has 0 radical (unpaired) electrons. The summed E-state index contributed by atoms with van der Waals surface area (Å²) in [7, 11) is 1.43. The number of carbonyl (C=O) groups is 1. The highest BCUT2D eigenvalue weighted by Crippen LogP contribution is 2.28. The molecule has 0 spiro atoms. The van der Waals surface area contributed by atoms with Crippen LogP contribution in [0, 0.1) is 6.92 Å². The highest BCUT2D eigenvalue weighted by atomic mass is 16.5. The lowest BCUT2D eigenvalue weighted by Crippen LogP contribution is -2.13. The standard InChI is InChI=1S/C11H13NO2/c1-8-4-3-5-9(6-8)12-7-10(12)11(13)14-2/h3-6,10H,7H2,1-2H3. The Kier molecular flexibility index (Phi) is 2.15. The van der Waals surface area contributed by atoms with E-state index in [0.717, 1.165) is 12.2 Å². The second kappa shape index (κ2) is 3.33. The number of carbonyl (C=O) groups excluding carboxylic acids is 1. The average Bonchev–Trinajstić information content (AvgIpc) is 2.96. The SMILES string of the molecule is COC(=O)C1CN1c1cccc(C)c1. The smallest absolute Gasteiger partial charge is 0.330 e. The van der Waals surface area contributed by atoms with Crippen LogP contribution >= 0.6 is 0 Å². The summed E-state index contributed by atoms with van der Waals surface area (Å²) in [4.78, 5) is 13.2. The second-order valence-electron chi connectivity index (χ2n) is 3.53. The van der Waals surface area contributed by atoms with E-state index in [2.05, 4.69) is 10.8 Å². The van der Waals surface area contributed by atoms with Crippen molar-refractivity contribution in [3.63, 3.8) is 0 Å². The van der Waals surface area contributed by atoms with Crippen molar-refractivity contribution in [3.05, 3.63) is 29.8 Å². The second-order valence-corrected chi connectivity index (χ2v) is 3.53. The fraction of sp³-hybridized carbons (Fsp3) is 0.364. The first-order valence-corrected chi connectivity index (χ1v) is 4.63. The highest BCUT2D eigenvalue weighted by Gasteiger charge is 2.41. The molecule has 0 amide bonds. The van der Waals surface area contributed by atoms with Crippen molar-refractivity contribution >= 4 is 11.7 Å². The predicted octanol–water partition coefficient (Wildman–Crippen LogP) is 1.36. The van der Waals surface area contributed by atoms with Gasteiger partial charge in [0.25, 0.3) is 0 Å². The van der Waals surface area contributed by atoms with Gasteiger partial charge < -0.3 is 9.64 Å². The molecular weight excluding hydrogens is 178 g/mol. The molecule has 0 bridgehead atoms. The Hall–Kier alpha value is -1.51. The van der Waals surface area contributed by atoms with Crippen molar-refractivity contribution in [2.45, 2.75) is 13.0 Å². The molecule has 74 valence electrons. The Balaban J connectivity index is 2.09. The molecule has 3 heteroatoms. The molecular formula is C11H13NO2. The Morgan fingerprint density at radius 1 is 1.57 bits per heavy atom. The number of anilines is 1. The highest BCUT2D eigenvalue weighted by molar-refractivity contribution is 5.86. The molecule has 0 N–H and O–H groups in total. The molecule has 1 aliphatic rings. The number of aryl methyl sites for hydroxylation is 1. The van der Waals surface area contributed by atoms with Gasteiger partial charge in [-0.2, -0.15) is 0 Å². The minimum atomic E-state index is -0.147. The quantitative estimate of drug-likeness (QED) is 0.522. The molecule has 14 heavy (non-hydrogen) atoms. The Morgan fingerprint density at radius 2 is 2.36 bits per heavy atom. The number of ether oxygens (including phenoxy) is 1. The monoisotopic (exact) mass is 191 g/mol. The summed E-state index contributed by atoms with van der Waals surface area (Å²) in [5, 5.41) is 0. The topological polar surface area (TPSA) is 29.3 Å². The lowest BCUT2D eigenvalue weighted by Gasteiger charge is -2.05. The van der Waals surface area contributed by atoms with Crippen LogP contribution in [0.1, 0.15) is 5.56 Å². The van der Waals surface area contributed by atoms with Crippen LogP contribution in [0.25, 0.3) is 0 Å². The number of esters is 1. The lowest BCUT2D eigenvalue weighted by molar-refractivity contribution is -0.139. The molecule has 1 aromatic rings. The Bertz CT molecular complexity index is 362. The van der Waals surface area contributed by atoms with Crippen molar-refractivity contribution in [2.75, 3.05) is 18.6 Å². The Labute approximate surface area is 83.3 Å². The van der Waals surface area contributed by atoms with E-state index in [9.17, 15) is 4.79 Å². The van der Waals surface area contributed by atoms with E-state index in [1.54, 1.807) is 0 Å². The number of hydrogen-bond acceptors (Lipinski definition) is 3. The fourth-order valence-corrected chi connectivity index (χ4v) is 1.57. The van der Waals surface area contributed by atoms with Crippen molar-refractivity contribution < 1.29 is 9.53 Å². The van der Waals surface area contributed by atoms with Gasteiger partial charge in [0.15, 0.2) is 0 Å². The van der Waals surface area contributed by atoms with Gasteiger partial charge in [0.1, 0.15) is 6.04 Å². The van der Waals surface area contributed by atoms with Gasteiger partial charge >= 0.3 is 5.97 Å². The van der Waals surface area contributed by atoms with Gasteiger partial charge in [-0.1, -0.05) is 12.1 Å². The normalized spacial score (nSPS) is 19.3. The van der Waals surface area contributed by atoms with Crippen LogP contribution in [-0.4, -0.2) is 25.7 Å². The van der Waals surface area contributed by atoms with Gasteiger partial charge in [-0.15, -0.1) is 0 Å². The molecule has 0 aromatic heterocycles. The average molecular weight is 191 g/mol. The molecule has 2 rings (SSSR count). The molecule has 0 saturated carbocycles. The maximum atomic E-state index is 11.2. The van der Waals surface area contributed by atoms with Gasteiger partial charge in [0, 0.05) is 5.69 Å². The van der Waals surface area contributed by atoms with Gasteiger partial charge in [-0.25, -0.2) is 4.79 Å². The van der Waals surface area contributed by atoms with E-state index < -0.39 is 0 Å². The fourth-order valence-electron chi connectivity index (χ4n) is 1.57. The zero-order valence-corrected chi connectivity index (χ0v) is 8.36. The molecule has 1 atom stereocenters. The first-order chi connectivity index (χ1) is 6.72. The molecule has 1 aromatic carbocycles. The van der Waals surface area contributed by atoms with E-state index in [1.807, 2.05) is 30.0 Å². The van der Waals surface area contributed by atoms with Gasteiger partial charge in [0.2, 0.25) is 0 Å². The van der Waals surface area contributed by atoms with Crippen LogP contribution in [0.5, 0.6) is 0 Å². The third-order valence-electron chi connectivity index (χ3n) is 2.42. The van der Waals surface area contributed by atoms with Crippen LogP contribution in [0.15, 0.2) is 24.3 Å². The largest absolute Gasteiger partial charge is 0.467 e. The Morgan fingerprint density at radius 3 is 3.00 bits per heavy atom. The van der Waals surface area contributed by atoms with Gasteiger partial charge in [-0.3, -0.25) is 0 Å². The van der Waals surface area contributed by atoms with Crippen molar-refractivity contribution in [1.82, 2.24) is 0 Å². The minimum Gasteiger partial charge on any atom is -0.467 e. The van der Waals surface area contributed by atoms with E-state index in [-0.39, 0.29) is 12.0 Å². The first kappa shape index (κ1) is 9.06.